The zero-order chi connectivity index (χ0) is 15.4. The van der Waals surface area contributed by atoms with Crippen molar-refractivity contribution in [3.8, 4) is 0 Å². The summed E-state index contributed by atoms with van der Waals surface area (Å²) in [7, 11) is 0. The molecule has 2 N–H and O–H groups in total. The van der Waals surface area contributed by atoms with Crippen LogP contribution in [0.2, 0.25) is 0 Å². The Morgan fingerprint density at radius 1 is 1.19 bits per heavy atom. The number of rotatable bonds is 5. The van der Waals surface area contributed by atoms with Crippen LogP contribution >= 0.6 is 15.9 Å². The van der Waals surface area contributed by atoms with Gasteiger partial charge in [0.2, 0.25) is 5.82 Å². The molecule has 0 aliphatic heterocycles. The van der Waals surface area contributed by atoms with Gasteiger partial charge in [0.1, 0.15) is 0 Å². The third kappa shape index (κ3) is 4.09. The zero-order valence-corrected chi connectivity index (χ0v) is 12.7. The van der Waals surface area contributed by atoms with Gasteiger partial charge in [-0.2, -0.15) is 4.39 Å². The largest absolute Gasteiger partial charge is 0.327 e. The van der Waals surface area contributed by atoms with E-state index in [-0.39, 0.29) is 18.0 Å². The van der Waals surface area contributed by atoms with Crippen LogP contribution in [0.15, 0.2) is 46.9 Å². The summed E-state index contributed by atoms with van der Waals surface area (Å²) in [6, 6.07) is 11.6. The van der Waals surface area contributed by atoms with Crippen LogP contribution in [0.3, 0.4) is 0 Å². The number of benzene rings is 2. The van der Waals surface area contributed by atoms with E-state index in [0.29, 0.717) is 6.42 Å². The fourth-order valence-corrected chi connectivity index (χ4v) is 2.41. The lowest BCUT2D eigenvalue weighted by molar-refractivity contribution is -0.387. The summed E-state index contributed by atoms with van der Waals surface area (Å²) in [6.45, 7) is 0. The molecule has 0 spiro atoms. The van der Waals surface area contributed by atoms with Crippen LogP contribution in [-0.4, -0.2) is 11.0 Å². The smallest absolute Gasteiger partial charge is 0.305 e. The van der Waals surface area contributed by atoms with Crippen molar-refractivity contribution >= 4 is 21.6 Å². The summed E-state index contributed by atoms with van der Waals surface area (Å²) >= 11 is 3.35. The van der Waals surface area contributed by atoms with Crippen molar-refractivity contribution in [3.63, 3.8) is 0 Å². The summed E-state index contributed by atoms with van der Waals surface area (Å²) in [6.07, 6.45) is 0.832. The van der Waals surface area contributed by atoms with Gasteiger partial charge in [0, 0.05) is 16.6 Å². The van der Waals surface area contributed by atoms with Crippen LogP contribution < -0.4 is 5.73 Å². The van der Waals surface area contributed by atoms with Gasteiger partial charge in [0.25, 0.3) is 0 Å². The van der Waals surface area contributed by atoms with Gasteiger partial charge < -0.3 is 5.73 Å². The summed E-state index contributed by atoms with van der Waals surface area (Å²) in [5.41, 5.74) is 6.82. The first-order valence-electron chi connectivity index (χ1n) is 6.39. The summed E-state index contributed by atoms with van der Waals surface area (Å²) < 4.78 is 14.9. The van der Waals surface area contributed by atoms with Gasteiger partial charge in [0.15, 0.2) is 0 Å². The van der Waals surface area contributed by atoms with Crippen molar-refractivity contribution in [2.24, 2.45) is 5.73 Å². The van der Waals surface area contributed by atoms with E-state index in [4.69, 9.17) is 5.73 Å². The average molecular weight is 353 g/mol. The van der Waals surface area contributed by atoms with E-state index in [0.717, 1.165) is 16.1 Å². The molecule has 0 fully saturated rings. The second-order valence-corrected chi connectivity index (χ2v) is 5.72. The predicted molar refractivity (Wildman–Crippen MR) is 82.6 cm³/mol. The Bertz CT molecular complexity index is 647. The van der Waals surface area contributed by atoms with Gasteiger partial charge in [-0.25, -0.2) is 0 Å². The standard InChI is InChI=1S/C15H14BrFN2O2/c16-12-6-4-10(5-7-12)8-13(18)9-11-2-1-3-14(15(11)17)19(20)21/h1-7,13H,8-9,18H2. The normalized spacial score (nSPS) is 12.1. The molecule has 0 saturated carbocycles. The van der Waals surface area contributed by atoms with Crippen LogP contribution in [0.4, 0.5) is 10.1 Å². The second-order valence-electron chi connectivity index (χ2n) is 4.80. The van der Waals surface area contributed by atoms with Gasteiger partial charge >= 0.3 is 5.69 Å². The lowest BCUT2D eigenvalue weighted by Gasteiger charge is -2.12. The van der Waals surface area contributed by atoms with Crippen molar-refractivity contribution in [1.82, 2.24) is 0 Å². The molecule has 2 rings (SSSR count). The SMILES string of the molecule is NC(Cc1ccc(Br)cc1)Cc1cccc([N+](=O)[O-])c1F. The molecule has 0 heterocycles. The molecule has 4 nitrogen and oxygen atoms in total. The van der Waals surface area contributed by atoms with E-state index in [1.807, 2.05) is 24.3 Å². The maximum absolute atomic E-state index is 14.0. The van der Waals surface area contributed by atoms with E-state index < -0.39 is 16.4 Å². The Kier molecular flexibility index (Phi) is 5.03. The molecule has 0 saturated heterocycles. The molecule has 0 aliphatic carbocycles. The molecule has 2 aromatic carbocycles. The average Bonchev–Trinajstić information content (AvgIpc) is 2.43. The van der Waals surface area contributed by atoms with Crippen molar-refractivity contribution in [1.29, 1.82) is 0 Å². The number of hydrogen-bond donors (Lipinski definition) is 1. The molecule has 110 valence electrons. The maximum Gasteiger partial charge on any atom is 0.305 e. The van der Waals surface area contributed by atoms with Crippen molar-refractivity contribution in [2.45, 2.75) is 18.9 Å². The Balaban J connectivity index is 2.09. The second kappa shape index (κ2) is 6.78. The lowest BCUT2D eigenvalue weighted by Crippen LogP contribution is -2.26. The Labute approximate surface area is 130 Å². The first-order valence-corrected chi connectivity index (χ1v) is 7.18. The zero-order valence-electron chi connectivity index (χ0n) is 11.1. The van der Waals surface area contributed by atoms with Gasteiger partial charge in [-0.1, -0.05) is 40.2 Å². The molecule has 1 atom stereocenters. The highest BCUT2D eigenvalue weighted by Crippen LogP contribution is 2.21. The van der Waals surface area contributed by atoms with Crippen molar-refractivity contribution < 1.29 is 9.31 Å². The highest BCUT2D eigenvalue weighted by atomic mass is 79.9. The molecule has 0 aromatic heterocycles. The number of halogens is 2. The lowest BCUT2D eigenvalue weighted by atomic mass is 9.99. The van der Waals surface area contributed by atoms with Crippen LogP contribution in [-0.2, 0) is 12.8 Å². The van der Waals surface area contributed by atoms with Gasteiger partial charge in [-0.3, -0.25) is 10.1 Å². The highest BCUT2D eigenvalue weighted by Gasteiger charge is 2.18. The predicted octanol–water partition coefficient (Wildman–Crippen LogP) is 3.61. The van der Waals surface area contributed by atoms with Gasteiger partial charge in [-0.15, -0.1) is 0 Å². The van der Waals surface area contributed by atoms with Gasteiger partial charge in [-0.05, 0) is 36.1 Å². The molecule has 6 heteroatoms. The van der Waals surface area contributed by atoms with E-state index in [2.05, 4.69) is 15.9 Å². The molecule has 0 aliphatic rings. The van der Waals surface area contributed by atoms with Gasteiger partial charge in [0.05, 0.1) is 4.92 Å². The minimum atomic E-state index is -0.797. The molecular formula is C15H14BrFN2O2. The molecule has 0 bridgehead atoms. The Morgan fingerprint density at radius 3 is 2.48 bits per heavy atom. The summed E-state index contributed by atoms with van der Waals surface area (Å²) in [4.78, 5) is 9.99. The summed E-state index contributed by atoms with van der Waals surface area (Å²) in [5.74, 6) is -0.797. The monoisotopic (exact) mass is 352 g/mol. The molecular weight excluding hydrogens is 339 g/mol. The van der Waals surface area contributed by atoms with E-state index in [1.165, 1.54) is 12.1 Å². The van der Waals surface area contributed by atoms with E-state index in [9.17, 15) is 14.5 Å². The maximum atomic E-state index is 14.0. The van der Waals surface area contributed by atoms with E-state index >= 15 is 0 Å². The first-order chi connectivity index (χ1) is 9.97. The first kappa shape index (κ1) is 15.6. The minimum Gasteiger partial charge on any atom is -0.327 e. The van der Waals surface area contributed by atoms with E-state index in [1.54, 1.807) is 0 Å². The number of nitro groups is 1. The Morgan fingerprint density at radius 2 is 1.86 bits per heavy atom. The molecule has 21 heavy (non-hydrogen) atoms. The minimum absolute atomic E-state index is 0.254. The van der Waals surface area contributed by atoms with Crippen LogP contribution in [0, 0.1) is 15.9 Å². The molecule has 1 unspecified atom stereocenters. The fourth-order valence-electron chi connectivity index (χ4n) is 2.14. The Hall–Kier alpha value is -1.79. The van der Waals surface area contributed by atoms with Crippen LogP contribution in [0.1, 0.15) is 11.1 Å². The number of nitrogens with zero attached hydrogens (tertiary/aromatic N) is 1. The number of nitro benzene ring substituents is 1. The molecule has 2 aromatic rings. The molecule has 0 radical (unpaired) electrons. The highest BCUT2D eigenvalue weighted by molar-refractivity contribution is 9.10. The topological polar surface area (TPSA) is 69.2 Å². The third-order valence-electron chi connectivity index (χ3n) is 3.15. The van der Waals surface area contributed by atoms with Crippen molar-refractivity contribution in [2.75, 3.05) is 0 Å². The fraction of sp³-hybridized carbons (Fsp3) is 0.200. The molecule has 0 amide bonds. The number of nitrogens with two attached hydrogens (primary N) is 1. The van der Waals surface area contributed by atoms with Crippen LogP contribution in [0.25, 0.3) is 0 Å². The number of hydrogen-bond acceptors (Lipinski definition) is 3. The third-order valence-corrected chi connectivity index (χ3v) is 3.68. The quantitative estimate of drug-likeness (QED) is 0.660. The van der Waals surface area contributed by atoms with Crippen LogP contribution in [0.5, 0.6) is 0 Å². The van der Waals surface area contributed by atoms with Crippen molar-refractivity contribution in [3.05, 3.63) is 74.0 Å². The summed E-state index contributed by atoms with van der Waals surface area (Å²) in [5, 5.41) is 10.7.